The van der Waals surface area contributed by atoms with E-state index in [0.717, 1.165) is 4.90 Å². The molecule has 0 aliphatic rings. The molecule has 0 rings (SSSR count). The van der Waals surface area contributed by atoms with Crippen LogP contribution in [0, 0.1) is 0 Å². The Hall–Kier alpha value is -0.670. The molecular weight excluding hydrogens is 164 g/mol. The van der Waals surface area contributed by atoms with Crippen LogP contribution in [-0.2, 0) is 4.79 Å². The summed E-state index contributed by atoms with van der Waals surface area (Å²) in [5.41, 5.74) is 0. The third-order valence-corrected chi connectivity index (χ3v) is 2.02. The minimum absolute atomic E-state index is 0.0634. The number of carbonyl (C=O) groups is 1. The lowest BCUT2D eigenvalue weighted by atomic mass is 10.1. The van der Waals surface area contributed by atoms with Crippen LogP contribution in [0.3, 0.4) is 0 Å². The normalized spacial score (nSPS) is 10.9. The van der Waals surface area contributed by atoms with Crippen LogP contribution in [0.1, 0.15) is 26.7 Å². The van der Waals surface area contributed by atoms with Crippen molar-refractivity contribution in [3.05, 3.63) is 0 Å². The van der Waals surface area contributed by atoms with E-state index in [0.29, 0.717) is 12.8 Å². The molecular formula is C8H15F2NO. The Kier molecular flexibility index (Phi) is 4.78. The van der Waals surface area contributed by atoms with Gasteiger partial charge in [0.1, 0.15) is 0 Å². The first-order valence-corrected chi connectivity index (χ1v) is 4.09. The zero-order valence-corrected chi connectivity index (χ0v) is 7.68. The van der Waals surface area contributed by atoms with Crippen LogP contribution in [0.2, 0.25) is 0 Å². The maximum atomic E-state index is 11.9. The van der Waals surface area contributed by atoms with Crippen molar-refractivity contribution >= 4 is 5.91 Å². The summed E-state index contributed by atoms with van der Waals surface area (Å²) in [7, 11) is 1.42. The Morgan fingerprint density at radius 2 is 1.75 bits per heavy atom. The molecule has 0 saturated heterocycles. The lowest BCUT2D eigenvalue weighted by molar-refractivity contribution is -0.143. The quantitative estimate of drug-likeness (QED) is 0.645. The van der Waals surface area contributed by atoms with Crippen molar-refractivity contribution in [2.24, 2.45) is 0 Å². The number of hydrogen-bond acceptors (Lipinski definition) is 1. The molecule has 0 spiro atoms. The third kappa shape index (κ3) is 2.75. The fourth-order valence-corrected chi connectivity index (χ4v) is 1.17. The van der Waals surface area contributed by atoms with Crippen molar-refractivity contribution in [3.8, 4) is 0 Å². The number of nitrogens with zero attached hydrogens (tertiary/aromatic N) is 1. The van der Waals surface area contributed by atoms with Gasteiger partial charge in [0.25, 0.3) is 5.91 Å². The van der Waals surface area contributed by atoms with E-state index >= 15 is 0 Å². The molecule has 4 heteroatoms. The van der Waals surface area contributed by atoms with Crippen LogP contribution in [-0.4, -0.2) is 30.3 Å². The Balaban J connectivity index is 4.15. The molecule has 0 aromatic heterocycles. The van der Waals surface area contributed by atoms with E-state index < -0.39 is 12.3 Å². The Morgan fingerprint density at radius 3 is 2.00 bits per heavy atom. The van der Waals surface area contributed by atoms with Crippen molar-refractivity contribution < 1.29 is 13.6 Å². The minimum atomic E-state index is -2.88. The summed E-state index contributed by atoms with van der Waals surface area (Å²) in [5.74, 6) is -1.08. The van der Waals surface area contributed by atoms with Gasteiger partial charge in [-0.15, -0.1) is 0 Å². The molecule has 0 aliphatic carbocycles. The van der Waals surface area contributed by atoms with Gasteiger partial charge in [0.2, 0.25) is 0 Å². The molecule has 0 aromatic carbocycles. The second-order valence-electron chi connectivity index (χ2n) is 2.72. The van der Waals surface area contributed by atoms with E-state index in [9.17, 15) is 13.6 Å². The first-order valence-electron chi connectivity index (χ1n) is 4.09. The van der Waals surface area contributed by atoms with E-state index in [4.69, 9.17) is 0 Å². The van der Waals surface area contributed by atoms with Crippen molar-refractivity contribution in [2.45, 2.75) is 39.2 Å². The topological polar surface area (TPSA) is 20.3 Å². The summed E-state index contributed by atoms with van der Waals surface area (Å²) in [6.45, 7) is 3.76. The third-order valence-electron chi connectivity index (χ3n) is 2.02. The van der Waals surface area contributed by atoms with Gasteiger partial charge in [-0.05, 0) is 12.8 Å². The molecule has 0 bridgehead atoms. The van der Waals surface area contributed by atoms with Crippen molar-refractivity contribution in [3.63, 3.8) is 0 Å². The molecule has 0 radical (unpaired) electrons. The lowest BCUT2D eigenvalue weighted by Gasteiger charge is -2.25. The van der Waals surface area contributed by atoms with Gasteiger partial charge in [0, 0.05) is 13.1 Å². The van der Waals surface area contributed by atoms with Crippen molar-refractivity contribution in [2.75, 3.05) is 7.05 Å². The highest BCUT2D eigenvalue weighted by Crippen LogP contribution is 2.09. The van der Waals surface area contributed by atoms with Gasteiger partial charge in [0.15, 0.2) is 0 Å². The van der Waals surface area contributed by atoms with Gasteiger partial charge >= 0.3 is 6.43 Å². The maximum Gasteiger partial charge on any atom is 0.315 e. The second-order valence-corrected chi connectivity index (χ2v) is 2.72. The smallest absolute Gasteiger partial charge is 0.315 e. The van der Waals surface area contributed by atoms with E-state index in [1.54, 1.807) is 0 Å². The first-order chi connectivity index (χ1) is 5.54. The fraction of sp³-hybridized carbons (Fsp3) is 0.875. The van der Waals surface area contributed by atoms with E-state index in [1.807, 2.05) is 13.8 Å². The van der Waals surface area contributed by atoms with Gasteiger partial charge in [0.05, 0.1) is 0 Å². The largest absolute Gasteiger partial charge is 0.338 e. The summed E-state index contributed by atoms with van der Waals surface area (Å²) < 4.78 is 23.8. The number of hydrogen-bond donors (Lipinski definition) is 0. The van der Waals surface area contributed by atoms with Gasteiger partial charge < -0.3 is 4.90 Å². The monoisotopic (exact) mass is 179 g/mol. The SMILES string of the molecule is CCC(CC)N(C)C(=O)C(F)F. The first kappa shape index (κ1) is 11.3. The van der Waals surface area contributed by atoms with Crippen LogP contribution in [0.5, 0.6) is 0 Å². The maximum absolute atomic E-state index is 11.9. The van der Waals surface area contributed by atoms with Crippen LogP contribution in [0.15, 0.2) is 0 Å². The van der Waals surface area contributed by atoms with E-state index in [1.165, 1.54) is 7.05 Å². The molecule has 1 amide bonds. The standard InChI is InChI=1S/C8H15F2NO/c1-4-6(5-2)11(3)8(12)7(9)10/h6-7H,4-5H2,1-3H3. The predicted molar refractivity (Wildman–Crippen MR) is 43.1 cm³/mol. The highest BCUT2D eigenvalue weighted by molar-refractivity contribution is 5.79. The number of amides is 1. The molecule has 72 valence electrons. The second kappa shape index (κ2) is 5.06. The van der Waals surface area contributed by atoms with Gasteiger partial charge in [-0.1, -0.05) is 13.8 Å². The Bertz CT molecular complexity index is 146. The number of alkyl halides is 2. The molecule has 2 nitrogen and oxygen atoms in total. The van der Waals surface area contributed by atoms with Crippen LogP contribution >= 0.6 is 0 Å². The van der Waals surface area contributed by atoms with Crippen molar-refractivity contribution in [1.29, 1.82) is 0 Å². The zero-order chi connectivity index (χ0) is 9.72. The summed E-state index contributed by atoms with van der Waals surface area (Å²) in [4.78, 5) is 11.9. The molecule has 0 atom stereocenters. The highest BCUT2D eigenvalue weighted by atomic mass is 19.3. The molecule has 0 heterocycles. The Labute approximate surface area is 71.5 Å². The van der Waals surface area contributed by atoms with E-state index in [2.05, 4.69) is 0 Å². The van der Waals surface area contributed by atoms with Crippen LogP contribution in [0.25, 0.3) is 0 Å². The molecule has 0 N–H and O–H groups in total. The highest BCUT2D eigenvalue weighted by Gasteiger charge is 2.24. The van der Waals surface area contributed by atoms with Gasteiger partial charge in [-0.2, -0.15) is 8.78 Å². The lowest BCUT2D eigenvalue weighted by Crippen LogP contribution is -2.39. The van der Waals surface area contributed by atoms with Crippen LogP contribution in [0.4, 0.5) is 8.78 Å². The summed E-state index contributed by atoms with van der Waals surface area (Å²) in [5, 5.41) is 0. The zero-order valence-electron chi connectivity index (χ0n) is 7.68. The number of carbonyl (C=O) groups excluding carboxylic acids is 1. The average molecular weight is 179 g/mol. The minimum Gasteiger partial charge on any atom is -0.338 e. The van der Waals surface area contributed by atoms with Crippen molar-refractivity contribution in [1.82, 2.24) is 4.90 Å². The molecule has 0 unspecified atom stereocenters. The molecule has 0 aromatic rings. The van der Waals surface area contributed by atoms with Gasteiger partial charge in [-0.25, -0.2) is 0 Å². The fourth-order valence-electron chi connectivity index (χ4n) is 1.17. The predicted octanol–water partition coefficient (Wildman–Crippen LogP) is 1.90. The van der Waals surface area contributed by atoms with E-state index in [-0.39, 0.29) is 6.04 Å². The summed E-state index contributed by atoms with van der Waals surface area (Å²) in [6, 6.07) is -0.0634. The Morgan fingerprint density at radius 1 is 1.33 bits per heavy atom. The summed E-state index contributed by atoms with van der Waals surface area (Å²) in [6.07, 6.45) is -1.45. The molecule has 0 fully saturated rings. The number of halogens is 2. The molecule has 0 aliphatic heterocycles. The summed E-state index contributed by atoms with van der Waals surface area (Å²) >= 11 is 0. The van der Waals surface area contributed by atoms with Crippen LogP contribution < -0.4 is 0 Å². The molecule has 0 saturated carbocycles. The average Bonchev–Trinajstić information content (AvgIpc) is 2.05. The molecule has 12 heavy (non-hydrogen) atoms. The number of rotatable bonds is 4. The van der Waals surface area contributed by atoms with Gasteiger partial charge in [-0.3, -0.25) is 4.79 Å².